The molecule has 0 aromatic heterocycles. The maximum Gasteiger partial charge on any atom is 0.310 e. The molecule has 0 aromatic rings. The zero-order chi connectivity index (χ0) is 30.8. The average molecular weight is 587 g/mol. The highest BCUT2D eigenvalue weighted by molar-refractivity contribution is 5.76. The van der Waals surface area contributed by atoms with Gasteiger partial charge in [0.05, 0.1) is 17.6 Å². The molecule has 1 aliphatic heterocycles. The van der Waals surface area contributed by atoms with Crippen LogP contribution in [0, 0.1) is 56.2 Å². The Hall–Kier alpha value is -0.950. The molecule has 5 aliphatic carbocycles. The summed E-state index contributed by atoms with van der Waals surface area (Å²) in [6.07, 6.45) is 7.94. The minimum atomic E-state index is -1.19. The summed E-state index contributed by atoms with van der Waals surface area (Å²) in [4.78, 5) is 12.9. The quantitative estimate of drug-likeness (QED) is 0.281. The summed E-state index contributed by atoms with van der Waals surface area (Å²) in [5.74, 6) is 0.607. The number of fused-ring (bicyclic) bond motifs is 7. The lowest BCUT2D eigenvalue weighted by Gasteiger charge is -2.71. The molecule has 4 saturated carbocycles. The van der Waals surface area contributed by atoms with Crippen LogP contribution < -0.4 is 0 Å². The van der Waals surface area contributed by atoms with Gasteiger partial charge in [-0.3, -0.25) is 4.79 Å². The molecule has 6 nitrogen and oxygen atoms in total. The van der Waals surface area contributed by atoms with Crippen LogP contribution >= 0.6 is 0 Å². The van der Waals surface area contributed by atoms with Gasteiger partial charge in [-0.1, -0.05) is 60.1 Å². The number of carbonyl (C=O) groups is 1. The second-order valence-corrected chi connectivity index (χ2v) is 17.9. The molecule has 6 rings (SSSR count). The summed E-state index contributed by atoms with van der Waals surface area (Å²) < 4.78 is 6.26. The van der Waals surface area contributed by atoms with Gasteiger partial charge in [-0.25, -0.2) is 0 Å². The monoisotopic (exact) mass is 586 g/mol. The first kappa shape index (κ1) is 31.0. The van der Waals surface area contributed by atoms with Gasteiger partial charge in [0.1, 0.15) is 18.3 Å². The number of ether oxygens (including phenoxy) is 1. The Balaban J connectivity index is 1.35. The Morgan fingerprint density at radius 1 is 0.833 bits per heavy atom. The van der Waals surface area contributed by atoms with Gasteiger partial charge in [0.2, 0.25) is 0 Å². The molecule has 4 N–H and O–H groups in total. The van der Waals surface area contributed by atoms with E-state index in [0.29, 0.717) is 11.8 Å². The van der Waals surface area contributed by atoms with Gasteiger partial charge in [-0.15, -0.1) is 0 Å². The molecular formula is C36H58O6. The molecule has 0 radical (unpaired) electrons. The summed E-state index contributed by atoms with van der Waals surface area (Å²) >= 11 is 0. The molecule has 6 unspecified atom stereocenters. The van der Waals surface area contributed by atoms with Gasteiger partial charge >= 0.3 is 5.97 Å². The van der Waals surface area contributed by atoms with E-state index in [4.69, 9.17) is 4.74 Å². The molecule has 0 amide bonds. The fourth-order valence-electron chi connectivity index (χ4n) is 12.7. The zero-order valence-corrected chi connectivity index (χ0v) is 27.4. The highest BCUT2D eigenvalue weighted by Crippen LogP contribution is 2.76. The molecule has 0 aromatic carbocycles. The van der Waals surface area contributed by atoms with E-state index in [9.17, 15) is 25.2 Å². The number of hydrogen-bond acceptors (Lipinski definition) is 5. The summed E-state index contributed by atoms with van der Waals surface area (Å²) in [5.41, 5.74) is 1.14. The number of carboxylic acid groups (broad SMARTS) is 1. The summed E-state index contributed by atoms with van der Waals surface area (Å²) in [5, 5.41) is 42.7. The molecule has 1 saturated heterocycles. The van der Waals surface area contributed by atoms with Crippen molar-refractivity contribution < 1.29 is 30.0 Å². The van der Waals surface area contributed by atoms with Gasteiger partial charge < -0.3 is 25.2 Å². The molecule has 42 heavy (non-hydrogen) atoms. The van der Waals surface area contributed by atoms with Crippen molar-refractivity contribution in [3.05, 3.63) is 11.6 Å². The molecule has 6 aliphatic rings. The lowest BCUT2D eigenvalue weighted by Crippen LogP contribution is -2.67. The van der Waals surface area contributed by atoms with Crippen LogP contribution in [0.5, 0.6) is 0 Å². The second kappa shape index (κ2) is 9.53. The van der Waals surface area contributed by atoms with Crippen LogP contribution in [0.1, 0.15) is 120 Å². The normalized spacial score (nSPS) is 54.8. The lowest BCUT2D eigenvalue weighted by atomic mass is 9.33. The van der Waals surface area contributed by atoms with Crippen molar-refractivity contribution in [3.63, 3.8) is 0 Å². The molecule has 1 heterocycles. The van der Waals surface area contributed by atoms with Gasteiger partial charge in [-0.05, 0) is 122 Å². The van der Waals surface area contributed by atoms with Gasteiger partial charge in [0.25, 0.3) is 0 Å². The highest BCUT2D eigenvalue weighted by Gasteiger charge is 2.70. The third-order valence-corrected chi connectivity index (χ3v) is 15.5. The molecule has 0 spiro atoms. The van der Waals surface area contributed by atoms with Crippen LogP contribution in [0.25, 0.3) is 0 Å². The van der Waals surface area contributed by atoms with Crippen LogP contribution in [0.15, 0.2) is 11.6 Å². The third kappa shape index (κ3) is 3.92. The van der Waals surface area contributed by atoms with Crippen molar-refractivity contribution in [1.29, 1.82) is 0 Å². The zero-order valence-electron chi connectivity index (χ0n) is 27.4. The summed E-state index contributed by atoms with van der Waals surface area (Å²) in [6.45, 7) is 18.8. The fraction of sp³-hybridized carbons (Fsp3) is 0.917. The van der Waals surface area contributed by atoms with Crippen molar-refractivity contribution >= 4 is 5.97 Å². The molecule has 238 valence electrons. The number of carboxylic acids is 1. The molecule has 6 heteroatoms. The second-order valence-electron chi connectivity index (χ2n) is 17.9. The van der Waals surface area contributed by atoms with E-state index >= 15 is 0 Å². The summed E-state index contributed by atoms with van der Waals surface area (Å²) in [7, 11) is 0. The van der Waals surface area contributed by atoms with E-state index in [-0.39, 0.29) is 38.9 Å². The van der Waals surface area contributed by atoms with Gasteiger partial charge in [0.15, 0.2) is 0 Å². The topological polar surface area (TPSA) is 107 Å². The standard InChI is InChI=1S/C36H58O6/c1-20-26(37)27(38)28(39)29(42-20)22-11-13-33(6)24(32(22,4)5)12-14-35(8)25(33)10-9-21-23-19-31(2,3)15-17-36(23,30(40)41)18-16-34(21,35)7/h9,20,22-29,37-39H,10-19H2,1-8H3,(H,40,41)/t20?,22-,23?,24?,25?,26+,27?,28?,29-,33-,34+,35+,36-/m0/s1. The van der Waals surface area contributed by atoms with Crippen molar-refractivity contribution in [3.8, 4) is 0 Å². The minimum Gasteiger partial charge on any atom is -0.481 e. The number of allylic oxidation sites excluding steroid dienone is 2. The Morgan fingerprint density at radius 3 is 2.17 bits per heavy atom. The van der Waals surface area contributed by atoms with Gasteiger partial charge in [0, 0.05) is 0 Å². The largest absolute Gasteiger partial charge is 0.481 e. The predicted molar refractivity (Wildman–Crippen MR) is 163 cm³/mol. The molecular weight excluding hydrogens is 528 g/mol. The highest BCUT2D eigenvalue weighted by atomic mass is 16.5. The number of hydrogen-bond donors (Lipinski definition) is 4. The average Bonchev–Trinajstić information content (AvgIpc) is 2.89. The number of rotatable bonds is 2. The first-order valence-electron chi connectivity index (χ1n) is 17.0. The van der Waals surface area contributed by atoms with E-state index in [0.717, 1.165) is 64.2 Å². The Morgan fingerprint density at radius 2 is 1.50 bits per heavy atom. The minimum absolute atomic E-state index is 0.000278. The lowest BCUT2D eigenvalue weighted by molar-refractivity contribution is -0.262. The summed E-state index contributed by atoms with van der Waals surface area (Å²) in [6, 6.07) is 0. The van der Waals surface area contributed by atoms with Crippen molar-refractivity contribution in [1.82, 2.24) is 0 Å². The smallest absolute Gasteiger partial charge is 0.310 e. The SMILES string of the molecule is CC1O[C@@H]([C@@H]2CC[C@@]3(C)C(CC[C@]4(C)C3CC=C3C5CC(C)(C)CC[C@]5(C(=O)O)CC[C@]34C)C2(C)C)C(O)C(O)[C@@H]1O. The van der Waals surface area contributed by atoms with E-state index in [1.807, 2.05) is 0 Å². The Labute approximate surface area is 253 Å². The van der Waals surface area contributed by atoms with Gasteiger partial charge in [-0.2, -0.15) is 0 Å². The van der Waals surface area contributed by atoms with Crippen LogP contribution in [0.3, 0.4) is 0 Å². The molecule has 13 atom stereocenters. The molecule has 0 bridgehead atoms. The molecule has 5 fully saturated rings. The van der Waals surface area contributed by atoms with Crippen LogP contribution in [0.4, 0.5) is 0 Å². The predicted octanol–water partition coefficient (Wildman–Crippen LogP) is 6.36. The number of aliphatic hydroxyl groups excluding tert-OH is 3. The van der Waals surface area contributed by atoms with Crippen molar-refractivity contribution in [2.24, 2.45) is 56.2 Å². The Kier molecular flexibility index (Phi) is 7.05. The number of aliphatic hydroxyl groups is 3. The van der Waals surface area contributed by atoms with Crippen LogP contribution in [-0.2, 0) is 9.53 Å². The fourth-order valence-corrected chi connectivity index (χ4v) is 12.7. The van der Waals surface area contributed by atoms with Crippen LogP contribution in [0.2, 0.25) is 0 Å². The third-order valence-electron chi connectivity index (χ3n) is 15.5. The van der Waals surface area contributed by atoms with E-state index in [2.05, 4.69) is 54.5 Å². The number of aliphatic carboxylic acids is 1. The maximum absolute atomic E-state index is 12.9. The first-order chi connectivity index (χ1) is 19.4. The van der Waals surface area contributed by atoms with Crippen molar-refractivity contribution in [2.45, 2.75) is 150 Å². The Bertz CT molecular complexity index is 1140. The van der Waals surface area contributed by atoms with E-state index in [1.54, 1.807) is 6.92 Å². The maximum atomic E-state index is 12.9. The van der Waals surface area contributed by atoms with E-state index < -0.39 is 41.9 Å². The van der Waals surface area contributed by atoms with Crippen molar-refractivity contribution in [2.75, 3.05) is 0 Å². The van der Waals surface area contributed by atoms with E-state index in [1.165, 1.54) is 5.57 Å². The first-order valence-corrected chi connectivity index (χ1v) is 17.0. The van der Waals surface area contributed by atoms with Crippen LogP contribution in [-0.4, -0.2) is 56.9 Å².